The Morgan fingerprint density at radius 2 is 2.11 bits per heavy atom. The standard InChI is InChI=1S/C12H18N2O4/c1-17-7-10(15)6-14-12(16)8-18-11-4-2-9(13)3-5-11/h2-5,10,15H,6-8,13H2,1H3,(H,14,16). The average Bonchev–Trinajstić information content (AvgIpc) is 2.36. The fraction of sp³-hybridized carbons (Fsp3) is 0.417. The molecule has 0 aliphatic rings. The molecule has 0 aliphatic carbocycles. The van der Waals surface area contributed by atoms with Crippen LogP contribution >= 0.6 is 0 Å². The number of ether oxygens (including phenoxy) is 2. The molecule has 0 heterocycles. The fourth-order valence-corrected chi connectivity index (χ4v) is 1.25. The van der Waals surface area contributed by atoms with Gasteiger partial charge in [-0.25, -0.2) is 0 Å². The normalized spacial score (nSPS) is 11.9. The van der Waals surface area contributed by atoms with Gasteiger partial charge >= 0.3 is 0 Å². The Balaban J connectivity index is 2.22. The Hall–Kier alpha value is -1.79. The van der Waals surface area contributed by atoms with Crippen molar-refractivity contribution in [3.05, 3.63) is 24.3 Å². The van der Waals surface area contributed by atoms with Gasteiger partial charge in [-0.05, 0) is 24.3 Å². The molecule has 0 saturated heterocycles. The predicted octanol–water partition coefficient (Wildman–Crippen LogP) is -0.229. The van der Waals surface area contributed by atoms with Gasteiger partial charge in [0.05, 0.1) is 12.7 Å². The number of carbonyl (C=O) groups is 1. The fourth-order valence-electron chi connectivity index (χ4n) is 1.25. The van der Waals surface area contributed by atoms with E-state index in [-0.39, 0.29) is 25.7 Å². The zero-order valence-corrected chi connectivity index (χ0v) is 10.3. The van der Waals surface area contributed by atoms with E-state index in [4.69, 9.17) is 15.2 Å². The van der Waals surface area contributed by atoms with Gasteiger partial charge in [-0.2, -0.15) is 0 Å². The molecule has 100 valence electrons. The van der Waals surface area contributed by atoms with Crippen LogP contribution in [0, 0.1) is 0 Å². The summed E-state index contributed by atoms with van der Waals surface area (Å²) in [5, 5.41) is 11.8. The molecule has 1 aromatic carbocycles. The lowest BCUT2D eigenvalue weighted by molar-refractivity contribution is -0.123. The van der Waals surface area contributed by atoms with Crippen LogP contribution in [0.25, 0.3) is 0 Å². The summed E-state index contributed by atoms with van der Waals surface area (Å²) < 4.78 is 9.97. The number of hydrogen-bond donors (Lipinski definition) is 3. The molecule has 4 N–H and O–H groups in total. The Morgan fingerprint density at radius 1 is 1.44 bits per heavy atom. The number of nitrogens with one attached hydrogen (secondary N) is 1. The summed E-state index contributed by atoms with van der Waals surface area (Å²) >= 11 is 0. The number of benzene rings is 1. The molecule has 0 fully saturated rings. The average molecular weight is 254 g/mol. The summed E-state index contributed by atoms with van der Waals surface area (Å²) in [5.41, 5.74) is 6.15. The summed E-state index contributed by atoms with van der Waals surface area (Å²) in [6.07, 6.45) is -0.713. The third kappa shape index (κ3) is 5.51. The van der Waals surface area contributed by atoms with Gasteiger partial charge in [-0.3, -0.25) is 4.79 Å². The van der Waals surface area contributed by atoms with Crippen molar-refractivity contribution < 1.29 is 19.4 Å². The van der Waals surface area contributed by atoms with E-state index in [0.29, 0.717) is 11.4 Å². The van der Waals surface area contributed by atoms with Gasteiger partial charge in [0.1, 0.15) is 5.75 Å². The first-order valence-electron chi connectivity index (χ1n) is 5.54. The van der Waals surface area contributed by atoms with Crippen LogP contribution in [0.15, 0.2) is 24.3 Å². The van der Waals surface area contributed by atoms with Gasteiger partial charge in [0.2, 0.25) is 0 Å². The van der Waals surface area contributed by atoms with Crippen LogP contribution in [0.3, 0.4) is 0 Å². The van der Waals surface area contributed by atoms with Crippen LogP contribution < -0.4 is 15.8 Å². The third-order valence-corrected chi connectivity index (χ3v) is 2.14. The summed E-state index contributed by atoms with van der Waals surface area (Å²) in [7, 11) is 1.48. The molecule has 1 rings (SSSR count). The highest BCUT2D eigenvalue weighted by Gasteiger charge is 2.07. The number of hydrogen-bond acceptors (Lipinski definition) is 5. The van der Waals surface area contributed by atoms with Gasteiger partial charge in [0, 0.05) is 19.3 Å². The van der Waals surface area contributed by atoms with Crippen LogP contribution in [0.2, 0.25) is 0 Å². The van der Waals surface area contributed by atoms with Gasteiger partial charge in [0.25, 0.3) is 5.91 Å². The molecular formula is C12H18N2O4. The Bertz CT molecular complexity index is 367. The minimum atomic E-state index is -0.713. The van der Waals surface area contributed by atoms with Crippen molar-refractivity contribution in [2.75, 3.05) is 32.6 Å². The zero-order valence-electron chi connectivity index (χ0n) is 10.3. The molecule has 0 bridgehead atoms. The first kappa shape index (κ1) is 14.3. The molecular weight excluding hydrogens is 236 g/mol. The van der Waals surface area contributed by atoms with Crippen molar-refractivity contribution in [1.29, 1.82) is 0 Å². The quantitative estimate of drug-likeness (QED) is 0.584. The first-order valence-corrected chi connectivity index (χ1v) is 5.54. The van der Waals surface area contributed by atoms with Gasteiger partial charge in [0.15, 0.2) is 6.61 Å². The highest BCUT2D eigenvalue weighted by molar-refractivity contribution is 5.77. The number of nitrogens with two attached hydrogens (primary N) is 1. The number of aliphatic hydroxyl groups is 1. The van der Waals surface area contributed by atoms with Crippen molar-refractivity contribution in [1.82, 2.24) is 5.32 Å². The van der Waals surface area contributed by atoms with E-state index in [2.05, 4.69) is 5.32 Å². The minimum absolute atomic E-state index is 0.108. The third-order valence-electron chi connectivity index (χ3n) is 2.14. The Morgan fingerprint density at radius 3 is 2.72 bits per heavy atom. The largest absolute Gasteiger partial charge is 0.484 e. The second-order valence-electron chi connectivity index (χ2n) is 3.77. The maximum Gasteiger partial charge on any atom is 0.258 e. The monoisotopic (exact) mass is 254 g/mol. The Kier molecular flexibility index (Phi) is 5.96. The number of aliphatic hydroxyl groups excluding tert-OH is 1. The van der Waals surface area contributed by atoms with Crippen LogP contribution in [-0.4, -0.2) is 44.0 Å². The molecule has 18 heavy (non-hydrogen) atoms. The van der Waals surface area contributed by atoms with E-state index in [0.717, 1.165) is 0 Å². The molecule has 0 radical (unpaired) electrons. The number of rotatable bonds is 7. The lowest BCUT2D eigenvalue weighted by Crippen LogP contribution is -2.36. The maximum absolute atomic E-state index is 11.4. The summed E-state index contributed by atoms with van der Waals surface area (Å²) in [6, 6.07) is 6.75. The van der Waals surface area contributed by atoms with E-state index >= 15 is 0 Å². The zero-order chi connectivity index (χ0) is 13.4. The smallest absolute Gasteiger partial charge is 0.258 e. The molecule has 6 nitrogen and oxygen atoms in total. The molecule has 1 atom stereocenters. The summed E-state index contributed by atoms with van der Waals surface area (Å²) in [4.78, 5) is 11.4. The van der Waals surface area contributed by atoms with Gasteiger partial charge in [-0.15, -0.1) is 0 Å². The number of anilines is 1. The predicted molar refractivity (Wildman–Crippen MR) is 67.2 cm³/mol. The van der Waals surface area contributed by atoms with Crippen LogP contribution in [0.5, 0.6) is 5.75 Å². The first-order chi connectivity index (χ1) is 8.61. The highest BCUT2D eigenvalue weighted by Crippen LogP contribution is 2.12. The second kappa shape index (κ2) is 7.52. The van der Waals surface area contributed by atoms with E-state index in [1.807, 2.05) is 0 Å². The van der Waals surface area contributed by atoms with Crippen LogP contribution in [-0.2, 0) is 9.53 Å². The lowest BCUT2D eigenvalue weighted by atomic mass is 10.3. The van der Waals surface area contributed by atoms with Crippen molar-refractivity contribution in [3.8, 4) is 5.75 Å². The second-order valence-corrected chi connectivity index (χ2v) is 3.77. The molecule has 1 unspecified atom stereocenters. The number of nitrogen functional groups attached to an aromatic ring is 1. The maximum atomic E-state index is 11.4. The highest BCUT2D eigenvalue weighted by atomic mass is 16.5. The SMILES string of the molecule is COCC(O)CNC(=O)COc1ccc(N)cc1. The molecule has 1 amide bonds. The molecule has 0 aromatic heterocycles. The number of methoxy groups -OCH3 is 1. The van der Waals surface area contributed by atoms with Crippen molar-refractivity contribution in [2.45, 2.75) is 6.10 Å². The number of amides is 1. The molecule has 1 aromatic rings. The van der Waals surface area contributed by atoms with E-state index < -0.39 is 6.10 Å². The summed E-state index contributed by atoms with van der Waals surface area (Å²) in [6.45, 7) is 0.209. The van der Waals surface area contributed by atoms with E-state index in [9.17, 15) is 9.90 Å². The summed E-state index contributed by atoms with van der Waals surface area (Å²) in [5.74, 6) is 0.263. The van der Waals surface area contributed by atoms with Crippen molar-refractivity contribution in [2.24, 2.45) is 0 Å². The molecule has 0 saturated carbocycles. The van der Waals surface area contributed by atoms with Crippen molar-refractivity contribution >= 4 is 11.6 Å². The topological polar surface area (TPSA) is 93.8 Å². The lowest BCUT2D eigenvalue weighted by Gasteiger charge is -2.11. The van der Waals surface area contributed by atoms with Crippen molar-refractivity contribution in [3.63, 3.8) is 0 Å². The Labute approximate surface area is 106 Å². The van der Waals surface area contributed by atoms with E-state index in [1.54, 1.807) is 24.3 Å². The minimum Gasteiger partial charge on any atom is -0.484 e. The van der Waals surface area contributed by atoms with Crippen LogP contribution in [0.4, 0.5) is 5.69 Å². The molecule has 6 heteroatoms. The van der Waals surface area contributed by atoms with E-state index in [1.165, 1.54) is 7.11 Å². The number of carbonyl (C=O) groups excluding carboxylic acids is 1. The van der Waals surface area contributed by atoms with Gasteiger partial charge < -0.3 is 25.6 Å². The molecule has 0 spiro atoms. The van der Waals surface area contributed by atoms with Gasteiger partial charge in [-0.1, -0.05) is 0 Å². The van der Waals surface area contributed by atoms with Crippen LogP contribution in [0.1, 0.15) is 0 Å². The molecule has 0 aliphatic heterocycles.